The van der Waals surface area contributed by atoms with E-state index in [1.807, 2.05) is 6.07 Å². The first kappa shape index (κ1) is 12.0. The smallest absolute Gasteiger partial charge is 0.131 e. The van der Waals surface area contributed by atoms with Crippen LogP contribution in [0, 0.1) is 5.82 Å². The molecule has 0 saturated carbocycles. The largest absolute Gasteiger partial charge is 0.507 e. The maximum Gasteiger partial charge on any atom is 0.131 e. The second-order valence-corrected chi connectivity index (χ2v) is 4.74. The molecule has 0 atom stereocenters. The summed E-state index contributed by atoms with van der Waals surface area (Å²) in [6.07, 6.45) is 0. The lowest BCUT2D eigenvalue weighted by molar-refractivity contribution is 0.477. The Kier molecular flexibility index (Phi) is 2.88. The zero-order chi connectivity index (χ0) is 13.4. The molecule has 0 spiro atoms. The van der Waals surface area contributed by atoms with Gasteiger partial charge in [-0.15, -0.1) is 0 Å². The lowest BCUT2D eigenvalue weighted by atomic mass is 9.97. The van der Waals surface area contributed by atoms with Crippen molar-refractivity contribution in [3.8, 4) is 16.9 Å². The first-order chi connectivity index (χ1) is 9.16. The number of rotatable bonds is 1. The van der Waals surface area contributed by atoms with Crippen LogP contribution >= 0.6 is 11.6 Å². The van der Waals surface area contributed by atoms with Gasteiger partial charge in [-0.1, -0.05) is 41.9 Å². The van der Waals surface area contributed by atoms with Crippen LogP contribution in [0.1, 0.15) is 0 Å². The van der Waals surface area contributed by atoms with Crippen molar-refractivity contribution in [1.82, 2.24) is 0 Å². The highest BCUT2D eigenvalue weighted by atomic mass is 35.5. The summed E-state index contributed by atoms with van der Waals surface area (Å²) in [6, 6.07) is 15.1. The minimum absolute atomic E-state index is 0.0415. The number of hydrogen-bond donors (Lipinski definition) is 1. The van der Waals surface area contributed by atoms with Gasteiger partial charge in [-0.25, -0.2) is 4.39 Å². The Hall–Kier alpha value is -2.06. The first-order valence-electron chi connectivity index (χ1n) is 5.83. The van der Waals surface area contributed by atoms with E-state index in [1.165, 1.54) is 6.07 Å². The maximum absolute atomic E-state index is 13.9. The standard InChI is InChI=1S/C16H10ClFO/c17-11-7-5-10-6-8-15(19)16(13(10)9-11)12-3-1-2-4-14(12)18/h1-9,19H. The van der Waals surface area contributed by atoms with E-state index in [9.17, 15) is 9.50 Å². The third-order valence-corrected chi connectivity index (χ3v) is 3.34. The molecule has 0 fully saturated rings. The molecule has 1 N–H and O–H groups in total. The molecular weight excluding hydrogens is 263 g/mol. The molecule has 94 valence electrons. The molecular formula is C16H10ClFO. The van der Waals surface area contributed by atoms with Crippen LogP contribution in [0.25, 0.3) is 21.9 Å². The summed E-state index contributed by atoms with van der Waals surface area (Å²) in [5.74, 6) is -0.329. The zero-order valence-electron chi connectivity index (χ0n) is 9.90. The molecule has 0 heterocycles. The number of fused-ring (bicyclic) bond motifs is 1. The lowest BCUT2D eigenvalue weighted by Gasteiger charge is -2.10. The fourth-order valence-electron chi connectivity index (χ4n) is 2.23. The number of phenols is 1. The number of hydrogen-bond acceptors (Lipinski definition) is 1. The summed E-state index contributed by atoms with van der Waals surface area (Å²) in [5.41, 5.74) is 0.839. The fraction of sp³-hybridized carbons (Fsp3) is 0. The molecule has 0 aliphatic rings. The molecule has 0 aromatic heterocycles. The molecule has 0 radical (unpaired) electrons. The summed E-state index contributed by atoms with van der Waals surface area (Å²) in [6.45, 7) is 0. The van der Waals surface area contributed by atoms with Crippen molar-refractivity contribution in [2.45, 2.75) is 0 Å². The quantitative estimate of drug-likeness (QED) is 0.660. The summed E-state index contributed by atoms with van der Waals surface area (Å²) in [4.78, 5) is 0. The van der Waals surface area contributed by atoms with Crippen LogP contribution < -0.4 is 0 Å². The SMILES string of the molecule is Oc1ccc2ccc(Cl)cc2c1-c1ccccc1F. The van der Waals surface area contributed by atoms with Crippen molar-refractivity contribution in [1.29, 1.82) is 0 Å². The van der Waals surface area contributed by atoms with Gasteiger partial charge in [0.2, 0.25) is 0 Å². The monoisotopic (exact) mass is 272 g/mol. The summed E-state index contributed by atoms with van der Waals surface area (Å²) >= 11 is 5.99. The molecule has 3 aromatic rings. The van der Waals surface area contributed by atoms with E-state index < -0.39 is 0 Å². The van der Waals surface area contributed by atoms with E-state index in [0.29, 0.717) is 16.1 Å². The average Bonchev–Trinajstić information content (AvgIpc) is 2.40. The van der Waals surface area contributed by atoms with Crippen LogP contribution in [0.2, 0.25) is 5.02 Å². The minimum atomic E-state index is -0.370. The van der Waals surface area contributed by atoms with Crippen LogP contribution in [-0.4, -0.2) is 5.11 Å². The topological polar surface area (TPSA) is 20.2 Å². The number of benzene rings is 3. The van der Waals surface area contributed by atoms with Gasteiger partial charge in [0.15, 0.2) is 0 Å². The molecule has 0 unspecified atom stereocenters. The van der Waals surface area contributed by atoms with Gasteiger partial charge in [-0.2, -0.15) is 0 Å². The third-order valence-electron chi connectivity index (χ3n) is 3.10. The highest BCUT2D eigenvalue weighted by Crippen LogP contribution is 2.38. The molecule has 19 heavy (non-hydrogen) atoms. The van der Waals surface area contributed by atoms with Gasteiger partial charge in [-0.05, 0) is 35.0 Å². The third kappa shape index (κ3) is 2.04. The second kappa shape index (κ2) is 4.56. The Bertz CT molecular complexity index is 763. The summed E-state index contributed by atoms with van der Waals surface area (Å²) in [7, 11) is 0. The number of phenolic OH excluding ortho intramolecular Hbond substituents is 1. The van der Waals surface area contributed by atoms with Gasteiger partial charge in [0.1, 0.15) is 11.6 Å². The van der Waals surface area contributed by atoms with Crippen molar-refractivity contribution >= 4 is 22.4 Å². The molecule has 3 aromatic carbocycles. The van der Waals surface area contributed by atoms with Crippen LogP contribution in [0.3, 0.4) is 0 Å². The van der Waals surface area contributed by atoms with Gasteiger partial charge in [0.25, 0.3) is 0 Å². The van der Waals surface area contributed by atoms with E-state index in [-0.39, 0.29) is 11.6 Å². The predicted molar refractivity (Wildman–Crippen MR) is 76.0 cm³/mol. The van der Waals surface area contributed by atoms with Gasteiger partial charge in [0.05, 0.1) is 0 Å². The fourth-order valence-corrected chi connectivity index (χ4v) is 2.40. The Morgan fingerprint density at radius 3 is 2.47 bits per heavy atom. The van der Waals surface area contributed by atoms with Crippen LogP contribution in [0.5, 0.6) is 5.75 Å². The highest BCUT2D eigenvalue weighted by molar-refractivity contribution is 6.31. The molecule has 0 saturated heterocycles. The predicted octanol–water partition coefficient (Wildman–Crippen LogP) is 5.00. The van der Waals surface area contributed by atoms with Crippen molar-refractivity contribution in [2.75, 3.05) is 0 Å². The van der Waals surface area contributed by atoms with Crippen molar-refractivity contribution in [3.05, 3.63) is 65.4 Å². The molecule has 3 rings (SSSR count). The van der Waals surface area contributed by atoms with Crippen molar-refractivity contribution in [2.24, 2.45) is 0 Å². The van der Waals surface area contributed by atoms with Crippen LogP contribution in [-0.2, 0) is 0 Å². The van der Waals surface area contributed by atoms with Crippen LogP contribution in [0.4, 0.5) is 4.39 Å². The minimum Gasteiger partial charge on any atom is -0.507 e. The molecule has 0 amide bonds. The van der Waals surface area contributed by atoms with Gasteiger partial charge < -0.3 is 5.11 Å². The number of aromatic hydroxyl groups is 1. The van der Waals surface area contributed by atoms with Gasteiger partial charge in [-0.3, -0.25) is 0 Å². The Labute approximate surface area is 114 Å². The molecule has 1 nitrogen and oxygen atoms in total. The molecule has 0 bridgehead atoms. The Morgan fingerprint density at radius 1 is 0.947 bits per heavy atom. The van der Waals surface area contributed by atoms with Crippen LogP contribution in [0.15, 0.2) is 54.6 Å². The van der Waals surface area contributed by atoms with E-state index >= 15 is 0 Å². The lowest BCUT2D eigenvalue weighted by Crippen LogP contribution is -1.87. The number of halogens is 2. The molecule has 0 aliphatic heterocycles. The van der Waals surface area contributed by atoms with E-state index in [0.717, 1.165) is 10.8 Å². The maximum atomic E-state index is 13.9. The average molecular weight is 273 g/mol. The summed E-state index contributed by atoms with van der Waals surface area (Å²) in [5, 5.41) is 12.3. The molecule has 3 heteroatoms. The Morgan fingerprint density at radius 2 is 1.68 bits per heavy atom. The molecule has 0 aliphatic carbocycles. The zero-order valence-corrected chi connectivity index (χ0v) is 10.7. The van der Waals surface area contributed by atoms with Gasteiger partial charge in [0, 0.05) is 16.1 Å². The van der Waals surface area contributed by atoms with Crippen molar-refractivity contribution < 1.29 is 9.50 Å². The normalized spacial score (nSPS) is 10.8. The van der Waals surface area contributed by atoms with E-state index in [4.69, 9.17) is 11.6 Å². The van der Waals surface area contributed by atoms with E-state index in [2.05, 4.69) is 0 Å². The Balaban J connectivity index is 2.43. The second-order valence-electron chi connectivity index (χ2n) is 4.30. The van der Waals surface area contributed by atoms with Gasteiger partial charge >= 0.3 is 0 Å². The van der Waals surface area contributed by atoms with E-state index in [1.54, 1.807) is 42.5 Å². The first-order valence-corrected chi connectivity index (χ1v) is 6.21. The van der Waals surface area contributed by atoms with Crippen molar-refractivity contribution in [3.63, 3.8) is 0 Å². The summed E-state index contributed by atoms with van der Waals surface area (Å²) < 4.78 is 13.9. The highest BCUT2D eigenvalue weighted by Gasteiger charge is 2.13.